The molecule has 2 fully saturated rings. The molecule has 2 aliphatic heterocycles. The van der Waals surface area contributed by atoms with Gasteiger partial charge in [-0.15, -0.1) is 0 Å². The number of benzene rings is 2. The predicted octanol–water partition coefficient (Wildman–Crippen LogP) is 2.96. The first-order valence-electron chi connectivity index (χ1n) is 10.3. The number of cyclic esters (lactones) is 1. The summed E-state index contributed by atoms with van der Waals surface area (Å²) in [6.07, 6.45) is 1.72. The summed E-state index contributed by atoms with van der Waals surface area (Å²) in [7, 11) is 0. The van der Waals surface area contributed by atoms with E-state index in [2.05, 4.69) is 5.32 Å². The van der Waals surface area contributed by atoms with Crippen LogP contribution in [0.4, 0.5) is 25.0 Å². The fourth-order valence-electron chi connectivity index (χ4n) is 3.58. The van der Waals surface area contributed by atoms with Gasteiger partial charge >= 0.3 is 6.09 Å². The van der Waals surface area contributed by atoms with Crippen LogP contribution in [0, 0.1) is 11.6 Å². The molecule has 9 heteroatoms. The third-order valence-corrected chi connectivity index (χ3v) is 5.27. The molecular formula is C23H23F2N3O4. The van der Waals surface area contributed by atoms with Crippen LogP contribution in [-0.4, -0.2) is 57.5 Å². The molecule has 7 nitrogen and oxygen atoms in total. The maximum Gasteiger partial charge on any atom is 0.414 e. The van der Waals surface area contributed by atoms with E-state index in [1.807, 2.05) is 4.90 Å². The maximum atomic E-state index is 14.7. The smallest absolute Gasteiger partial charge is 0.414 e. The fourth-order valence-corrected chi connectivity index (χ4v) is 3.58. The van der Waals surface area contributed by atoms with Crippen LogP contribution in [0.3, 0.4) is 0 Å². The lowest BCUT2D eigenvalue weighted by Gasteiger charge is -2.29. The Balaban J connectivity index is 1.31. The van der Waals surface area contributed by atoms with E-state index in [4.69, 9.17) is 9.47 Å². The van der Waals surface area contributed by atoms with Gasteiger partial charge in [-0.3, -0.25) is 9.69 Å². The average molecular weight is 443 g/mol. The highest BCUT2D eigenvalue weighted by Crippen LogP contribution is 2.28. The summed E-state index contributed by atoms with van der Waals surface area (Å²) in [5.74, 6) is -1.14. The first kappa shape index (κ1) is 21.8. The Morgan fingerprint density at radius 2 is 1.88 bits per heavy atom. The zero-order valence-electron chi connectivity index (χ0n) is 17.3. The molecule has 2 aromatic carbocycles. The number of morpholine rings is 1. The molecule has 0 spiro atoms. The summed E-state index contributed by atoms with van der Waals surface area (Å²) in [5.41, 5.74) is 1.55. The van der Waals surface area contributed by atoms with Crippen molar-refractivity contribution in [3.05, 3.63) is 65.7 Å². The molecule has 0 aromatic heterocycles. The highest BCUT2D eigenvalue weighted by molar-refractivity contribution is 5.92. The number of ether oxygens (including phenoxy) is 2. The van der Waals surface area contributed by atoms with Crippen molar-refractivity contribution in [2.24, 2.45) is 0 Å². The second-order valence-corrected chi connectivity index (χ2v) is 7.48. The zero-order chi connectivity index (χ0) is 22.5. The molecule has 1 N–H and O–H groups in total. The first-order valence-corrected chi connectivity index (χ1v) is 10.3. The number of rotatable bonds is 6. The van der Waals surface area contributed by atoms with Crippen molar-refractivity contribution in [1.29, 1.82) is 0 Å². The van der Waals surface area contributed by atoms with Gasteiger partial charge < -0.3 is 19.7 Å². The second kappa shape index (κ2) is 9.78. The van der Waals surface area contributed by atoms with Crippen LogP contribution < -0.4 is 15.1 Å². The normalized spacial score (nSPS) is 18.8. The van der Waals surface area contributed by atoms with Crippen LogP contribution in [0.25, 0.3) is 6.08 Å². The van der Waals surface area contributed by atoms with Crippen molar-refractivity contribution >= 4 is 29.5 Å². The minimum Gasteiger partial charge on any atom is -0.442 e. The van der Waals surface area contributed by atoms with E-state index in [1.165, 1.54) is 29.2 Å². The largest absolute Gasteiger partial charge is 0.442 e. The molecule has 0 unspecified atom stereocenters. The summed E-state index contributed by atoms with van der Waals surface area (Å²) < 4.78 is 38.2. The molecule has 32 heavy (non-hydrogen) atoms. The molecule has 168 valence electrons. The third kappa shape index (κ3) is 5.23. The molecule has 0 saturated carbocycles. The number of hydrogen-bond donors (Lipinski definition) is 1. The Bertz CT molecular complexity index is 1010. The number of anilines is 2. The van der Waals surface area contributed by atoms with Crippen molar-refractivity contribution < 1.29 is 27.8 Å². The second-order valence-electron chi connectivity index (χ2n) is 7.48. The molecule has 0 radical (unpaired) electrons. The molecule has 2 aliphatic rings. The first-order chi connectivity index (χ1) is 15.5. The van der Waals surface area contributed by atoms with E-state index in [9.17, 15) is 18.4 Å². The lowest BCUT2D eigenvalue weighted by atomic mass is 10.2. The molecule has 2 heterocycles. The maximum absolute atomic E-state index is 14.7. The van der Waals surface area contributed by atoms with E-state index < -0.39 is 18.0 Å². The highest BCUT2D eigenvalue weighted by Gasteiger charge is 2.33. The Morgan fingerprint density at radius 1 is 1.12 bits per heavy atom. The van der Waals surface area contributed by atoms with Crippen LogP contribution in [-0.2, 0) is 14.3 Å². The minimum absolute atomic E-state index is 0.114. The lowest BCUT2D eigenvalue weighted by molar-refractivity contribution is -0.116. The average Bonchev–Trinajstić information content (AvgIpc) is 3.18. The third-order valence-electron chi connectivity index (χ3n) is 5.27. The SMILES string of the molecule is O=C(/C=C/c1ccc(F)cc1)NC[C@H]1CN(c2ccc(N3CCOCC3)c(F)c2)C(=O)O1. The van der Waals surface area contributed by atoms with Gasteiger partial charge in [0.25, 0.3) is 0 Å². The summed E-state index contributed by atoms with van der Waals surface area (Å²) in [4.78, 5) is 27.5. The molecule has 2 saturated heterocycles. The molecule has 0 bridgehead atoms. The number of amides is 2. The van der Waals surface area contributed by atoms with E-state index >= 15 is 0 Å². The van der Waals surface area contributed by atoms with Gasteiger partial charge in [0.15, 0.2) is 0 Å². The molecule has 0 aliphatic carbocycles. The predicted molar refractivity (Wildman–Crippen MR) is 115 cm³/mol. The van der Waals surface area contributed by atoms with Crippen molar-refractivity contribution in [2.75, 3.05) is 49.2 Å². The van der Waals surface area contributed by atoms with Crippen molar-refractivity contribution in [3.63, 3.8) is 0 Å². The Hall–Kier alpha value is -3.46. The number of nitrogens with one attached hydrogen (secondary N) is 1. The van der Waals surface area contributed by atoms with Gasteiger partial charge in [-0.1, -0.05) is 12.1 Å². The number of carbonyl (C=O) groups is 2. The van der Waals surface area contributed by atoms with Crippen molar-refractivity contribution in [1.82, 2.24) is 5.32 Å². The van der Waals surface area contributed by atoms with Gasteiger partial charge in [0.1, 0.15) is 17.7 Å². The number of hydrogen-bond acceptors (Lipinski definition) is 5. The highest BCUT2D eigenvalue weighted by atomic mass is 19.1. The van der Waals surface area contributed by atoms with Crippen molar-refractivity contribution in [2.45, 2.75) is 6.10 Å². The van der Waals surface area contributed by atoms with E-state index in [0.29, 0.717) is 43.2 Å². The van der Waals surface area contributed by atoms with Crippen LogP contribution in [0.1, 0.15) is 5.56 Å². The topological polar surface area (TPSA) is 71.1 Å². The van der Waals surface area contributed by atoms with E-state index in [-0.39, 0.29) is 24.8 Å². The van der Waals surface area contributed by atoms with Crippen LogP contribution in [0.5, 0.6) is 0 Å². The molecule has 2 amide bonds. The Kier molecular flexibility index (Phi) is 6.65. The van der Waals surface area contributed by atoms with Gasteiger partial charge in [-0.2, -0.15) is 0 Å². The Morgan fingerprint density at radius 3 is 2.59 bits per heavy atom. The van der Waals surface area contributed by atoms with Gasteiger partial charge in [-0.25, -0.2) is 13.6 Å². The number of carbonyl (C=O) groups excluding carboxylic acids is 2. The van der Waals surface area contributed by atoms with Gasteiger partial charge in [0.2, 0.25) is 5.91 Å². The molecule has 1 atom stereocenters. The van der Waals surface area contributed by atoms with Gasteiger partial charge in [0.05, 0.1) is 37.7 Å². The van der Waals surface area contributed by atoms with E-state index in [1.54, 1.807) is 30.3 Å². The molecule has 4 rings (SSSR count). The van der Waals surface area contributed by atoms with Crippen LogP contribution in [0.2, 0.25) is 0 Å². The minimum atomic E-state index is -0.593. The van der Waals surface area contributed by atoms with Crippen LogP contribution >= 0.6 is 0 Å². The standard InChI is InChI=1S/C23H23F2N3O4/c24-17-4-1-16(2-5-17)3-8-22(29)26-14-19-15-28(23(30)32-19)18-6-7-21(20(25)13-18)27-9-11-31-12-10-27/h1-8,13,19H,9-12,14-15H2,(H,26,29)/b8-3+/t19-/m0/s1. The monoisotopic (exact) mass is 443 g/mol. The zero-order valence-corrected chi connectivity index (χ0v) is 17.3. The van der Waals surface area contributed by atoms with E-state index in [0.717, 1.165) is 0 Å². The molecule has 2 aromatic rings. The fraction of sp³-hybridized carbons (Fsp3) is 0.304. The summed E-state index contributed by atoms with van der Waals surface area (Å²) >= 11 is 0. The summed E-state index contributed by atoms with van der Waals surface area (Å²) in [6, 6.07) is 10.4. The Labute approximate surface area is 184 Å². The van der Waals surface area contributed by atoms with Gasteiger partial charge in [0, 0.05) is 19.2 Å². The summed E-state index contributed by atoms with van der Waals surface area (Å²) in [6.45, 7) is 2.62. The number of nitrogens with zero attached hydrogens (tertiary/aromatic N) is 2. The number of halogens is 2. The van der Waals surface area contributed by atoms with Gasteiger partial charge in [-0.05, 0) is 42.0 Å². The van der Waals surface area contributed by atoms with Crippen LogP contribution in [0.15, 0.2) is 48.5 Å². The summed E-state index contributed by atoms with van der Waals surface area (Å²) in [5, 5.41) is 2.67. The molecular weight excluding hydrogens is 420 g/mol. The lowest BCUT2D eigenvalue weighted by Crippen LogP contribution is -2.36. The van der Waals surface area contributed by atoms with Crippen molar-refractivity contribution in [3.8, 4) is 0 Å². The quantitative estimate of drug-likeness (QED) is 0.696.